The Morgan fingerprint density at radius 2 is 1.75 bits per heavy atom. The minimum Gasteiger partial charge on any atom is -0.352 e. The molecule has 0 aliphatic rings. The molecule has 28 heavy (non-hydrogen) atoms. The van der Waals surface area contributed by atoms with Gasteiger partial charge >= 0.3 is 0 Å². The Kier molecular flexibility index (Phi) is 7.15. The van der Waals surface area contributed by atoms with Gasteiger partial charge in [0.05, 0.1) is 4.90 Å². The summed E-state index contributed by atoms with van der Waals surface area (Å²) in [5.74, 6) is -0.232. The lowest BCUT2D eigenvalue weighted by Gasteiger charge is -2.10. The van der Waals surface area contributed by atoms with Crippen molar-refractivity contribution in [3.05, 3.63) is 62.6 Å². The molecule has 0 fully saturated rings. The van der Waals surface area contributed by atoms with Crippen molar-refractivity contribution in [1.82, 2.24) is 15.0 Å². The van der Waals surface area contributed by atoms with Gasteiger partial charge < -0.3 is 10.3 Å². The lowest BCUT2D eigenvalue weighted by molar-refractivity contribution is -0.121. The summed E-state index contributed by atoms with van der Waals surface area (Å²) in [6.45, 7) is 7.71. The van der Waals surface area contributed by atoms with Gasteiger partial charge in [-0.25, -0.2) is 13.1 Å². The number of carbonyl (C=O) groups excluding carboxylic acids is 1. The van der Waals surface area contributed by atoms with Gasteiger partial charge in [-0.05, 0) is 69.0 Å². The Balaban J connectivity index is 1.81. The summed E-state index contributed by atoms with van der Waals surface area (Å²) in [6, 6.07) is 6.82. The van der Waals surface area contributed by atoms with Gasteiger partial charge in [-0.15, -0.1) is 0 Å². The van der Waals surface area contributed by atoms with E-state index in [2.05, 4.69) is 15.0 Å². The molecular weight excluding hydrogens is 378 g/mol. The molecule has 1 heterocycles. The second kappa shape index (κ2) is 9.16. The minimum atomic E-state index is -3.60. The summed E-state index contributed by atoms with van der Waals surface area (Å²) >= 11 is 0. The maximum absolute atomic E-state index is 12.3. The van der Waals surface area contributed by atoms with Crippen LogP contribution in [-0.4, -0.2) is 25.9 Å². The zero-order chi connectivity index (χ0) is 20.9. The second-order valence-electron chi connectivity index (χ2n) is 6.97. The lowest BCUT2D eigenvalue weighted by Crippen LogP contribution is -2.29. The average Bonchev–Trinajstić information content (AvgIpc) is 2.60. The predicted molar refractivity (Wildman–Crippen MR) is 109 cm³/mol. The Hall–Kier alpha value is -2.45. The number of benzene rings is 1. The molecular formula is C20H27N3O4S. The van der Waals surface area contributed by atoms with E-state index in [-0.39, 0.29) is 35.9 Å². The summed E-state index contributed by atoms with van der Waals surface area (Å²) in [6.07, 6.45) is 0.525. The molecule has 0 bridgehead atoms. The molecule has 8 heteroatoms. The summed E-state index contributed by atoms with van der Waals surface area (Å²) in [4.78, 5) is 26.9. The molecule has 0 radical (unpaired) electrons. The zero-order valence-corrected chi connectivity index (χ0v) is 17.5. The smallest absolute Gasteiger partial charge is 0.253 e. The first-order valence-corrected chi connectivity index (χ1v) is 10.6. The van der Waals surface area contributed by atoms with Crippen molar-refractivity contribution in [2.24, 2.45) is 0 Å². The molecule has 0 aliphatic carbocycles. The van der Waals surface area contributed by atoms with Crippen LogP contribution in [0.4, 0.5) is 0 Å². The molecule has 2 rings (SSSR count). The number of hydrogen-bond acceptors (Lipinski definition) is 4. The first-order valence-electron chi connectivity index (χ1n) is 9.13. The maximum Gasteiger partial charge on any atom is 0.253 e. The topological polar surface area (TPSA) is 108 Å². The van der Waals surface area contributed by atoms with Gasteiger partial charge in [0.25, 0.3) is 5.56 Å². The molecule has 7 nitrogen and oxygen atoms in total. The van der Waals surface area contributed by atoms with E-state index in [0.29, 0.717) is 12.0 Å². The van der Waals surface area contributed by atoms with Crippen molar-refractivity contribution in [3.63, 3.8) is 0 Å². The highest BCUT2D eigenvalue weighted by atomic mass is 32.2. The fraction of sp³-hybridized carbons (Fsp3) is 0.400. The molecule has 2 aromatic rings. The number of carbonyl (C=O) groups is 1. The standard InChI is InChI=1S/C20H27N3O4S/c1-13-7-8-17(11-14(13)2)28(26,27)22-9-5-6-19(24)21-12-18-15(3)10-16(4)23-20(18)25/h7-8,10-11,22H,5-6,9,12H2,1-4H3,(H,21,24)(H,23,25). The van der Waals surface area contributed by atoms with E-state index in [0.717, 1.165) is 22.4 Å². The van der Waals surface area contributed by atoms with E-state index in [4.69, 9.17) is 0 Å². The second-order valence-corrected chi connectivity index (χ2v) is 8.73. The van der Waals surface area contributed by atoms with Crippen molar-refractivity contribution in [2.45, 2.75) is 52.0 Å². The van der Waals surface area contributed by atoms with Crippen molar-refractivity contribution in [2.75, 3.05) is 6.54 Å². The third kappa shape index (κ3) is 5.77. The van der Waals surface area contributed by atoms with Gasteiger partial charge in [-0.2, -0.15) is 0 Å². The number of aromatic amines is 1. The highest BCUT2D eigenvalue weighted by molar-refractivity contribution is 7.89. The van der Waals surface area contributed by atoms with Crippen LogP contribution in [0.1, 0.15) is 40.8 Å². The van der Waals surface area contributed by atoms with Gasteiger partial charge in [0.2, 0.25) is 15.9 Å². The number of aromatic nitrogens is 1. The molecule has 0 saturated carbocycles. The van der Waals surface area contributed by atoms with Crippen LogP contribution < -0.4 is 15.6 Å². The molecule has 1 aromatic carbocycles. The highest BCUT2D eigenvalue weighted by Gasteiger charge is 2.14. The van der Waals surface area contributed by atoms with E-state index in [1.807, 2.05) is 26.8 Å². The number of aryl methyl sites for hydroxylation is 4. The molecule has 0 spiro atoms. The molecule has 1 aromatic heterocycles. The summed E-state index contributed by atoms with van der Waals surface area (Å²) in [5.41, 5.74) is 3.84. The van der Waals surface area contributed by atoms with Crippen LogP contribution in [0.3, 0.4) is 0 Å². The van der Waals surface area contributed by atoms with E-state index in [9.17, 15) is 18.0 Å². The number of H-pyrrole nitrogens is 1. The van der Waals surface area contributed by atoms with Gasteiger partial charge in [0.15, 0.2) is 0 Å². The van der Waals surface area contributed by atoms with Crippen LogP contribution in [0.5, 0.6) is 0 Å². The van der Waals surface area contributed by atoms with Crippen molar-refractivity contribution in [3.8, 4) is 0 Å². The van der Waals surface area contributed by atoms with Crippen LogP contribution >= 0.6 is 0 Å². The van der Waals surface area contributed by atoms with Crippen LogP contribution in [0, 0.1) is 27.7 Å². The summed E-state index contributed by atoms with van der Waals surface area (Å²) in [7, 11) is -3.60. The highest BCUT2D eigenvalue weighted by Crippen LogP contribution is 2.14. The van der Waals surface area contributed by atoms with Crippen molar-refractivity contribution < 1.29 is 13.2 Å². The number of sulfonamides is 1. The number of amides is 1. The Labute approximate surface area is 165 Å². The van der Waals surface area contributed by atoms with Crippen LogP contribution in [0.15, 0.2) is 34.0 Å². The van der Waals surface area contributed by atoms with Crippen molar-refractivity contribution in [1.29, 1.82) is 0 Å². The number of pyridine rings is 1. The zero-order valence-electron chi connectivity index (χ0n) is 16.7. The van der Waals surface area contributed by atoms with E-state index in [1.165, 1.54) is 0 Å². The van der Waals surface area contributed by atoms with E-state index >= 15 is 0 Å². The predicted octanol–water partition coefficient (Wildman–Crippen LogP) is 1.98. The Morgan fingerprint density at radius 1 is 1.04 bits per heavy atom. The van der Waals surface area contributed by atoms with E-state index < -0.39 is 10.0 Å². The molecule has 152 valence electrons. The fourth-order valence-electron chi connectivity index (χ4n) is 2.80. The molecule has 0 unspecified atom stereocenters. The normalized spacial score (nSPS) is 11.4. The van der Waals surface area contributed by atoms with Crippen molar-refractivity contribution >= 4 is 15.9 Å². The molecule has 3 N–H and O–H groups in total. The first-order chi connectivity index (χ1) is 13.1. The Bertz CT molecular complexity index is 1030. The SMILES string of the molecule is Cc1cc(C)c(CNC(=O)CCCNS(=O)(=O)c2ccc(C)c(C)c2)c(=O)[nH]1. The van der Waals surface area contributed by atoms with Gasteiger partial charge in [0.1, 0.15) is 0 Å². The first kappa shape index (κ1) is 21.8. The van der Waals surface area contributed by atoms with Gasteiger partial charge in [0, 0.05) is 30.8 Å². The third-order valence-electron chi connectivity index (χ3n) is 4.62. The number of rotatable bonds is 8. The fourth-order valence-corrected chi connectivity index (χ4v) is 3.96. The summed E-state index contributed by atoms with van der Waals surface area (Å²) < 4.78 is 27.1. The largest absolute Gasteiger partial charge is 0.352 e. The van der Waals surface area contributed by atoms with Gasteiger partial charge in [-0.3, -0.25) is 9.59 Å². The quantitative estimate of drug-likeness (QED) is 0.584. The average molecular weight is 406 g/mol. The minimum absolute atomic E-state index is 0.147. The lowest BCUT2D eigenvalue weighted by atomic mass is 10.1. The Morgan fingerprint density at radius 3 is 2.39 bits per heavy atom. The van der Waals surface area contributed by atoms with E-state index in [1.54, 1.807) is 25.1 Å². The molecule has 0 saturated heterocycles. The van der Waals surface area contributed by atoms with Crippen LogP contribution in [0.25, 0.3) is 0 Å². The van der Waals surface area contributed by atoms with Gasteiger partial charge in [-0.1, -0.05) is 6.07 Å². The molecule has 0 aliphatic heterocycles. The molecule has 0 atom stereocenters. The molecule has 1 amide bonds. The van der Waals surface area contributed by atoms with Crippen LogP contribution in [-0.2, 0) is 21.4 Å². The monoisotopic (exact) mass is 405 g/mol. The maximum atomic E-state index is 12.3. The third-order valence-corrected chi connectivity index (χ3v) is 6.08. The number of nitrogens with one attached hydrogen (secondary N) is 3. The van der Waals surface area contributed by atoms with Crippen LogP contribution in [0.2, 0.25) is 0 Å². The summed E-state index contributed by atoms with van der Waals surface area (Å²) in [5, 5.41) is 2.71. The number of hydrogen-bond donors (Lipinski definition) is 3.